The van der Waals surface area contributed by atoms with Crippen molar-refractivity contribution in [3.63, 3.8) is 0 Å². The first-order valence-electron chi connectivity index (χ1n) is 3.68. The van der Waals surface area contributed by atoms with Gasteiger partial charge in [-0.1, -0.05) is 6.08 Å². The maximum absolute atomic E-state index is 10.1. The Hall–Kier alpha value is -1.97. The van der Waals surface area contributed by atoms with Gasteiger partial charge in [-0.15, -0.1) is 6.58 Å². The second-order valence-corrected chi connectivity index (χ2v) is 2.19. The largest absolute Gasteiger partial charge is 0.285 e. The van der Waals surface area contributed by atoms with Crippen molar-refractivity contribution in [1.82, 2.24) is 0 Å². The highest BCUT2D eigenvalue weighted by Crippen LogP contribution is 2.09. The first kappa shape index (κ1) is 12.0. The van der Waals surface area contributed by atoms with E-state index in [0.717, 1.165) is 0 Å². The molecule has 72 valence electrons. The SMILES string of the molecule is O=[C]c1ccc([N+](=O)[O-])cc1.[CH2]C=C. The van der Waals surface area contributed by atoms with E-state index in [1.807, 2.05) is 0 Å². The van der Waals surface area contributed by atoms with Gasteiger partial charge >= 0.3 is 0 Å². The van der Waals surface area contributed by atoms with Gasteiger partial charge in [0.05, 0.1) is 4.92 Å². The highest BCUT2D eigenvalue weighted by molar-refractivity contribution is 5.75. The molecule has 1 rings (SSSR count). The van der Waals surface area contributed by atoms with Crippen molar-refractivity contribution in [1.29, 1.82) is 0 Å². The van der Waals surface area contributed by atoms with E-state index in [-0.39, 0.29) is 5.69 Å². The number of nitro benzene ring substituents is 1. The van der Waals surface area contributed by atoms with Gasteiger partial charge in [-0.05, 0) is 19.1 Å². The van der Waals surface area contributed by atoms with Gasteiger partial charge in [0.1, 0.15) is 0 Å². The molecule has 4 nitrogen and oxygen atoms in total. The monoisotopic (exact) mass is 191 g/mol. The lowest BCUT2D eigenvalue weighted by Crippen LogP contribution is -1.87. The number of allylic oxidation sites excluding steroid dienone is 1. The molecule has 0 heterocycles. The van der Waals surface area contributed by atoms with Gasteiger partial charge in [-0.3, -0.25) is 14.9 Å². The van der Waals surface area contributed by atoms with E-state index in [0.29, 0.717) is 5.56 Å². The van der Waals surface area contributed by atoms with Crippen LogP contribution in [-0.2, 0) is 4.79 Å². The Morgan fingerprint density at radius 3 is 2.07 bits per heavy atom. The summed E-state index contributed by atoms with van der Waals surface area (Å²) in [6, 6.07) is 5.23. The van der Waals surface area contributed by atoms with E-state index >= 15 is 0 Å². The molecule has 0 saturated carbocycles. The summed E-state index contributed by atoms with van der Waals surface area (Å²) in [7, 11) is 0. The van der Waals surface area contributed by atoms with Crippen LogP contribution >= 0.6 is 0 Å². The second-order valence-electron chi connectivity index (χ2n) is 2.19. The van der Waals surface area contributed by atoms with Gasteiger partial charge in [0.15, 0.2) is 0 Å². The lowest BCUT2D eigenvalue weighted by Gasteiger charge is -1.88. The van der Waals surface area contributed by atoms with Crippen molar-refractivity contribution >= 4 is 12.0 Å². The number of non-ortho nitro benzene ring substituents is 1. The maximum Gasteiger partial charge on any atom is 0.269 e. The van der Waals surface area contributed by atoms with Crippen molar-refractivity contribution in [3.8, 4) is 0 Å². The molecule has 2 radical (unpaired) electrons. The van der Waals surface area contributed by atoms with Crippen LogP contribution in [0.2, 0.25) is 0 Å². The van der Waals surface area contributed by atoms with Crippen LogP contribution < -0.4 is 0 Å². The molecular formula is C10H9NO3. The molecule has 0 unspecified atom stereocenters. The third-order valence-corrected chi connectivity index (χ3v) is 1.20. The number of carbonyl (C=O) groups excluding carboxylic acids is 1. The van der Waals surface area contributed by atoms with E-state index in [9.17, 15) is 14.9 Å². The molecular weight excluding hydrogens is 182 g/mol. The van der Waals surface area contributed by atoms with Crippen LogP contribution in [0.1, 0.15) is 5.56 Å². The Labute approximate surface area is 82.0 Å². The van der Waals surface area contributed by atoms with E-state index in [1.165, 1.54) is 30.3 Å². The van der Waals surface area contributed by atoms with Gasteiger partial charge in [0.2, 0.25) is 6.29 Å². The Morgan fingerprint density at radius 1 is 1.36 bits per heavy atom. The predicted molar refractivity (Wildman–Crippen MR) is 53.4 cm³/mol. The number of hydrogen-bond acceptors (Lipinski definition) is 3. The van der Waals surface area contributed by atoms with Crippen LogP contribution in [-0.4, -0.2) is 11.2 Å². The van der Waals surface area contributed by atoms with Crippen molar-refractivity contribution < 1.29 is 9.72 Å². The first-order chi connectivity index (χ1) is 6.65. The summed E-state index contributed by atoms with van der Waals surface area (Å²) in [6.07, 6.45) is 3.12. The minimum atomic E-state index is -0.519. The molecule has 0 aliphatic rings. The molecule has 0 N–H and O–H groups in total. The number of nitrogens with zero attached hydrogens (tertiary/aromatic N) is 1. The summed E-state index contributed by atoms with van der Waals surface area (Å²) in [5.74, 6) is 0. The van der Waals surface area contributed by atoms with Gasteiger partial charge in [-0.25, -0.2) is 0 Å². The minimum Gasteiger partial charge on any atom is -0.285 e. The van der Waals surface area contributed by atoms with E-state index in [1.54, 1.807) is 6.29 Å². The molecule has 0 aliphatic heterocycles. The molecule has 4 heteroatoms. The highest BCUT2D eigenvalue weighted by Gasteiger charge is 2.02. The van der Waals surface area contributed by atoms with Crippen LogP contribution in [0.25, 0.3) is 0 Å². The van der Waals surface area contributed by atoms with Crippen LogP contribution in [0.15, 0.2) is 36.9 Å². The third-order valence-electron chi connectivity index (χ3n) is 1.20. The summed E-state index contributed by atoms with van der Waals surface area (Å²) in [4.78, 5) is 19.6. The second kappa shape index (κ2) is 6.54. The normalized spacial score (nSPS) is 8.07. The number of rotatable bonds is 2. The molecule has 0 spiro atoms. The third kappa shape index (κ3) is 4.15. The van der Waals surface area contributed by atoms with Crippen LogP contribution in [0.5, 0.6) is 0 Å². The van der Waals surface area contributed by atoms with Crippen LogP contribution in [0.3, 0.4) is 0 Å². The summed E-state index contributed by atoms with van der Waals surface area (Å²) >= 11 is 0. The lowest BCUT2D eigenvalue weighted by atomic mass is 10.2. The van der Waals surface area contributed by atoms with Crippen LogP contribution in [0.4, 0.5) is 5.69 Å². The van der Waals surface area contributed by atoms with Gasteiger partial charge in [0, 0.05) is 17.7 Å². The zero-order chi connectivity index (χ0) is 11.0. The standard InChI is InChI=1S/C7H4NO3.C3H5/c9-5-6-1-3-7(4-2-6)8(10)11;1-3-2/h1-4H;3H,1-2H2. The fraction of sp³-hybridized carbons (Fsp3) is 0. The Morgan fingerprint density at radius 2 is 1.79 bits per heavy atom. The predicted octanol–water partition coefficient (Wildman–Crippen LogP) is 2.06. The first-order valence-corrected chi connectivity index (χ1v) is 3.68. The topological polar surface area (TPSA) is 60.2 Å². The van der Waals surface area contributed by atoms with Gasteiger partial charge in [0.25, 0.3) is 5.69 Å². The molecule has 1 aromatic rings. The molecule has 1 aromatic carbocycles. The average molecular weight is 191 g/mol. The minimum absolute atomic E-state index is 0.0241. The molecule has 0 amide bonds. The summed E-state index contributed by atoms with van der Waals surface area (Å²) in [6.45, 7) is 6.50. The molecule has 0 aromatic heterocycles. The highest BCUT2D eigenvalue weighted by atomic mass is 16.6. The Kier molecular flexibility index (Phi) is 5.62. The zero-order valence-corrected chi connectivity index (χ0v) is 7.47. The molecule has 14 heavy (non-hydrogen) atoms. The number of hydrogen-bond donors (Lipinski definition) is 0. The fourth-order valence-corrected chi connectivity index (χ4v) is 0.651. The van der Waals surface area contributed by atoms with E-state index in [2.05, 4.69) is 13.5 Å². The maximum atomic E-state index is 10.1. The molecule has 0 atom stereocenters. The number of nitro groups is 1. The average Bonchev–Trinajstić information content (AvgIpc) is 2.19. The van der Waals surface area contributed by atoms with Crippen molar-refractivity contribution in [2.75, 3.05) is 0 Å². The fourth-order valence-electron chi connectivity index (χ4n) is 0.651. The van der Waals surface area contributed by atoms with Gasteiger partial charge in [-0.2, -0.15) is 0 Å². The Balaban J connectivity index is 0.000000500. The molecule has 0 aliphatic carbocycles. The van der Waals surface area contributed by atoms with Crippen molar-refractivity contribution in [3.05, 3.63) is 59.5 Å². The summed E-state index contributed by atoms with van der Waals surface area (Å²) < 4.78 is 0. The molecule has 0 bridgehead atoms. The van der Waals surface area contributed by atoms with E-state index in [4.69, 9.17) is 0 Å². The zero-order valence-electron chi connectivity index (χ0n) is 7.47. The number of benzene rings is 1. The molecule has 0 fully saturated rings. The summed E-state index contributed by atoms with van der Waals surface area (Å²) in [5, 5.41) is 10.1. The molecule has 0 saturated heterocycles. The van der Waals surface area contributed by atoms with Crippen LogP contribution in [0, 0.1) is 17.0 Å². The lowest BCUT2D eigenvalue weighted by molar-refractivity contribution is -0.384. The van der Waals surface area contributed by atoms with Gasteiger partial charge < -0.3 is 0 Å². The van der Waals surface area contributed by atoms with Crippen molar-refractivity contribution in [2.45, 2.75) is 0 Å². The Bertz CT molecular complexity index is 317. The van der Waals surface area contributed by atoms with Crippen molar-refractivity contribution in [2.24, 2.45) is 0 Å². The quantitative estimate of drug-likeness (QED) is 0.531. The van der Waals surface area contributed by atoms with E-state index < -0.39 is 4.92 Å². The smallest absolute Gasteiger partial charge is 0.269 e. The summed E-state index contributed by atoms with van der Waals surface area (Å²) in [5.41, 5.74) is 0.291.